The molecular weight excluding hydrogens is 552 g/mol. The van der Waals surface area contributed by atoms with Crippen LogP contribution in [0, 0.1) is 6.92 Å². The Kier molecular flexibility index (Phi) is 8.67. The smallest absolute Gasteiger partial charge is 0.269 e. The molecule has 210 valence electrons. The van der Waals surface area contributed by atoms with Gasteiger partial charge in [0.2, 0.25) is 11.0 Å². The van der Waals surface area contributed by atoms with Crippen LogP contribution in [0.15, 0.2) is 77.7 Å². The Morgan fingerprint density at radius 1 is 0.825 bits per heavy atom. The number of sulfonamides is 1. The molecule has 40 heavy (non-hydrogen) atoms. The molecule has 0 bridgehead atoms. The standard InChI is InChI=1S/C29H30N2O7S2/c1-21-14-16-23(17-15-21)40(37,38)31(19-7-9-22(2)32)29(33)28-24-10-3-5-12-26(24)30(18-8-20-39(34,35)36)27-13-6-4-11-25(27)28/h3-6,10-17H,7-9,18-20H2,1-2H3/p+1. The zero-order chi connectivity index (χ0) is 29.1. The van der Waals surface area contributed by atoms with E-state index in [4.69, 9.17) is 0 Å². The van der Waals surface area contributed by atoms with Crippen LogP contribution < -0.4 is 4.57 Å². The summed E-state index contributed by atoms with van der Waals surface area (Å²) in [4.78, 5) is 26.0. The number of aryl methyl sites for hydroxylation is 2. The van der Waals surface area contributed by atoms with Gasteiger partial charge in [-0.15, -0.1) is 0 Å². The van der Waals surface area contributed by atoms with Gasteiger partial charge in [0.25, 0.3) is 26.0 Å². The lowest BCUT2D eigenvalue weighted by atomic mass is 10.0. The second-order valence-electron chi connectivity index (χ2n) is 9.70. The van der Waals surface area contributed by atoms with Crippen LogP contribution in [0.1, 0.15) is 42.1 Å². The van der Waals surface area contributed by atoms with Crippen LogP contribution in [0.2, 0.25) is 0 Å². The summed E-state index contributed by atoms with van der Waals surface area (Å²) >= 11 is 0. The second kappa shape index (κ2) is 11.8. The van der Waals surface area contributed by atoms with Gasteiger partial charge in [-0.1, -0.05) is 42.0 Å². The quantitative estimate of drug-likeness (QED) is 0.160. The van der Waals surface area contributed by atoms with Crippen molar-refractivity contribution >= 4 is 53.6 Å². The van der Waals surface area contributed by atoms with Crippen molar-refractivity contribution in [3.8, 4) is 0 Å². The third kappa shape index (κ3) is 6.38. The first-order valence-corrected chi connectivity index (χ1v) is 15.9. The summed E-state index contributed by atoms with van der Waals surface area (Å²) in [5.41, 5.74) is 2.27. The maximum atomic E-state index is 14.3. The van der Waals surface area contributed by atoms with Crippen LogP contribution in [-0.2, 0) is 31.5 Å². The molecule has 0 unspecified atom stereocenters. The number of fused-ring (bicyclic) bond motifs is 2. The van der Waals surface area contributed by atoms with Gasteiger partial charge < -0.3 is 4.79 Å². The fourth-order valence-corrected chi connectivity index (χ4v) is 6.66. The van der Waals surface area contributed by atoms with Crippen molar-refractivity contribution in [3.63, 3.8) is 0 Å². The van der Waals surface area contributed by atoms with E-state index in [-0.39, 0.29) is 48.6 Å². The summed E-state index contributed by atoms with van der Waals surface area (Å²) in [6.45, 7) is 3.30. The molecular formula is C29H31N2O7S2+. The minimum Gasteiger partial charge on any atom is -0.300 e. The molecule has 0 radical (unpaired) electrons. The Labute approximate surface area is 233 Å². The number of nitrogens with zero attached hydrogens (tertiary/aromatic N) is 2. The number of rotatable bonds is 11. The number of amides is 1. The van der Waals surface area contributed by atoms with Crippen molar-refractivity contribution < 1.29 is 35.5 Å². The Hall–Kier alpha value is -3.67. The van der Waals surface area contributed by atoms with Crippen molar-refractivity contribution in [1.29, 1.82) is 0 Å². The summed E-state index contributed by atoms with van der Waals surface area (Å²) in [6.07, 6.45) is 0.422. The summed E-state index contributed by atoms with van der Waals surface area (Å²) < 4.78 is 62.3. The lowest BCUT2D eigenvalue weighted by molar-refractivity contribution is -0.645. The number of carbonyl (C=O) groups excluding carboxylic acids is 2. The van der Waals surface area contributed by atoms with Crippen LogP contribution >= 0.6 is 0 Å². The van der Waals surface area contributed by atoms with Crippen LogP contribution in [-0.4, -0.2) is 49.7 Å². The van der Waals surface area contributed by atoms with E-state index < -0.39 is 31.8 Å². The summed E-state index contributed by atoms with van der Waals surface area (Å²) in [7, 11) is -8.43. The number of pyridine rings is 1. The van der Waals surface area contributed by atoms with Crippen LogP contribution in [0.25, 0.3) is 21.8 Å². The molecule has 0 aliphatic carbocycles. The Balaban J connectivity index is 1.91. The van der Waals surface area contributed by atoms with Gasteiger partial charge >= 0.3 is 0 Å². The lowest BCUT2D eigenvalue weighted by Crippen LogP contribution is -2.40. The molecule has 1 N–H and O–H groups in total. The van der Waals surface area contributed by atoms with Gasteiger partial charge in [-0.25, -0.2) is 12.7 Å². The van der Waals surface area contributed by atoms with E-state index in [0.717, 1.165) is 9.87 Å². The van der Waals surface area contributed by atoms with Gasteiger partial charge in [0.05, 0.1) is 27.0 Å². The molecule has 9 nitrogen and oxygen atoms in total. The van der Waals surface area contributed by atoms with E-state index in [2.05, 4.69) is 0 Å². The lowest BCUT2D eigenvalue weighted by Gasteiger charge is -2.24. The highest BCUT2D eigenvalue weighted by molar-refractivity contribution is 7.89. The zero-order valence-electron chi connectivity index (χ0n) is 22.3. The average Bonchev–Trinajstić information content (AvgIpc) is 2.90. The van der Waals surface area contributed by atoms with Gasteiger partial charge in [-0.2, -0.15) is 13.0 Å². The molecule has 1 amide bonds. The largest absolute Gasteiger partial charge is 0.300 e. The zero-order valence-corrected chi connectivity index (χ0v) is 23.9. The van der Waals surface area contributed by atoms with Crippen molar-refractivity contribution in [3.05, 3.63) is 83.9 Å². The second-order valence-corrected chi connectivity index (χ2v) is 13.1. The van der Waals surface area contributed by atoms with E-state index in [1.807, 2.05) is 11.5 Å². The molecule has 0 aliphatic heterocycles. The number of hydrogen-bond acceptors (Lipinski definition) is 6. The van der Waals surface area contributed by atoms with Crippen molar-refractivity contribution in [1.82, 2.24) is 4.31 Å². The number of Topliss-reactive ketones (excluding diaryl/α,β-unsaturated/α-hetero) is 1. The number of hydrogen-bond donors (Lipinski definition) is 1. The number of carbonyl (C=O) groups is 2. The third-order valence-electron chi connectivity index (χ3n) is 6.65. The monoisotopic (exact) mass is 583 g/mol. The topological polar surface area (TPSA) is 130 Å². The van der Waals surface area contributed by atoms with Crippen LogP contribution in [0.4, 0.5) is 0 Å². The molecule has 4 aromatic rings. The first-order valence-electron chi connectivity index (χ1n) is 12.8. The molecule has 3 aromatic carbocycles. The molecule has 4 rings (SSSR count). The fraction of sp³-hybridized carbons (Fsp3) is 0.276. The number of ketones is 1. The molecule has 0 saturated carbocycles. The predicted molar refractivity (Wildman–Crippen MR) is 152 cm³/mol. The highest BCUT2D eigenvalue weighted by Gasteiger charge is 2.34. The Bertz CT molecular complexity index is 1740. The molecule has 0 atom stereocenters. The van der Waals surface area contributed by atoms with E-state index in [1.54, 1.807) is 60.7 Å². The van der Waals surface area contributed by atoms with Crippen LogP contribution in [0.3, 0.4) is 0 Å². The first-order chi connectivity index (χ1) is 18.9. The number of aromatic nitrogens is 1. The maximum Gasteiger partial charge on any atom is 0.269 e. The maximum absolute atomic E-state index is 14.3. The fourth-order valence-electron chi connectivity index (χ4n) is 4.76. The average molecular weight is 584 g/mol. The highest BCUT2D eigenvalue weighted by atomic mass is 32.2. The predicted octanol–water partition coefficient (Wildman–Crippen LogP) is 4.07. The summed E-state index contributed by atoms with van der Waals surface area (Å²) in [5, 5.41) is 0.988. The molecule has 0 saturated heterocycles. The minimum absolute atomic E-state index is 0.0286. The van der Waals surface area contributed by atoms with Gasteiger partial charge in [-0.05, 0) is 44.5 Å². The Morgan fingerprint density at radius 3 is 1.90 bits per heavy atom. The Morgan fingerprint density at radius 2 is 1.38 bits per heavy atom. The summed E-state index contributed by atoms with van der Waals surface area (Å²) in [6, 6.07) is 20.3. The van der Waals surface area contributed by atoms with E-state index in [1.165, 1.54) is 19.1 Å². The van der Waals surface area contributed by atoms with Gasteiger partial charge in [0.15, 0.2) is 6.54 Å². The van der Waals surface area contributed by atoms with Crippen molar-refractivity contribution in [2.45, 2.75) is 44.6 Å². The third-order valence-corrected chi connectivity index (χ3v) is 9.25. The van der Waals surface area contributed by atoms with Crippen LogP contribution in [0.5, 0.6) is 0 Å². The summed E-state index contributed by atoms with van der Waals surface area (Å²) in [5.74, 6) is -1.26. The molecule has 0 spiro atoms. The molecule has 1 aromatic heterocycles. The van der Waals surface area contributed by atoms with Gasteiger partial charge in [0.1, 0.15) is 5.78 Å². The van der Waals surface area contributed by atoms with E-state index in [0.29, 0.717) is 21.8 Å². The SMILES string of the molecule is CC(=O)CCCN(C(=O)c1c2ccccc2[n+](CCCS(=O)(=O)O)c2ccccc12)S(=O)(=O)c1ccc(C)cc1. The minimum atomic E-state index is -4.27. The normalized spacial score (nSPS) is 12.1. The van der Waals surface area contributed by atoms with Gasteiger partial charge in [-0.3, -0.25) is 9.35 Å². The number of para-hydroxylation sites is 2. The molecule has 1 heterocycles. The molecule has 11 heteroatoms. The molecule has 0 fully saturated rings. The van der Waals surface area contributed by atoms with E-state index >= 15 is 0 Å². The highest BCUT2D eigenvalue weighted by Crippen LogP contribution is 2.29. The van der Waals surface area contributed by atoms with E-state index in [9.17, 15) is 31.0 Å². The van der Waals surface area contributed by atoms with Gasteiger partial charge in [0, 0.05) is 31.5 Å². The van der Waals surface area contributed by atoms with Crippen molar-refractivity contribution in [2.24, 2.45) is 0 Å². The van der Waals surface area contributed by atoms with Crippen molar-refractivity contribution in [2.75, 3.05) is 12.3 Å². The molecule has 0 aliphatic rings. The first kappa shape index (κ1) is 29.3. The number of benzene rings is 3.